The molecule has 0 saturated carbocycles. The molecule has 0 aliphatic heterocycles. The Morgan fingerprint density at radius 1 is 1.35 bits per heavy atom. The van der Waals surface area contributed by atoms with E-state index in [1.54, 1.807) is 11.3 Å². The number of hydrogen-bond acceptors (Lipinski definition) is 7. The third-order valence-electron chi connectivity index (χ3n) is 2.62. The van der Waals surface area contributed by atoms with Crippen molar-refractivity contribution >= 4 is 34.7 Å². The SMILES string of the molecule is CCNc1cc(NC(C)c2ncc(C)s2)nc(SC)n1. The summed E-state index contributed by atoms with van der Waals surface area (Å²) in [6.45, 7) is 7.04. The highest BCUT2D eigenvalue weighted by Gasteiger charge is 2.11. The molecule has 0 radical (unpaired) electrons. The van der Waals surface area contributed by atoms with Crippen LogP contribution in [-0.4, -0.2) is 27.8 Å². The van der Waals surface area contributed by atoms with Gasteiger partial charge in [-0.25, -0.2) is 15.0 Å². The molecule has 0 bridgehead atoms. The van der Waals surface area contributed by atoms with Crippen LogP contribution in [-0.2, 0) is 0 Å². The second-order valence-corrected chi connectivity index (χ2v) is 6.37. The standard InChI is InChI=1S/C13H19N5S2/c1-5-14-10-6-11(18-13(17-10)19-4)16-9(3)12-15-7-8(2)20-12/h6-7,9H,5H2,1-4H3,(H2,14,16,17,18). The molecule has 2 aromatic heterocycles. The number of aromatic nitrogens is 3. The first kappa shape index (κ1) is 15.1. The second kappa shape index (κ2) is 6.90. The normalized spacial score (nSPS) is 12.2. The van der Waals surface area contributed by atoms with Gasteiger partial charge in [0.1, 0.15) is 16.6 Å². The molecule has 2 N–H and O–H groups in total. The van der Waals surface area contributed by atoms with Crippen LogP contribution in [0.5, 0.6) is 0 Å². The Bertz CT molecular complexity index is 570. The predicted molar refractivity (Wildman–Crippen MR) is 86.9 cm³/mol. The summed E-state index contributed by atoms with van der Waals surface area (Å²) >= 11 is 3.24. The Morgan fingerprint density at radius 2 is 2.10 bits per heavy atom. The smallest absolute Gasteiger partial charge is 0.191 e. The van der Waals surface area contributed by atoms with Crippen molar-refractivity contribution in [3.05, 3.63) is 22.1 Å². The van der Waals surface area contributed by atoms with Crippen LogP contribution in [0.3, 0.4) is 0 Å². The molecule has 2 rings (SSSR count). The topological polar surface area (TPSA) is 62.7 Å². The van der Waals surface area contributed by atoms with E-state index in [0.717, 1.165) is 28.3 Å². The van der Waals surface area contributed by atoms with E-state index in [-0.39, 0.29) is 6.04 Å². The molecule has 1 atom stereocenters. The van der Waals surface area contributed by atoms with E-state index in [2.05, 4.69) is 46.4 Å². The maximum atomic E-state index is 4.48. The number of aryl methyl sites for hydroxylation is 1. The molecule has 0 aliphatic rings. The minimum atomic E-state index is 0.132. The average Bonchev–Trinajstić information content (AvgIpc) is 2.85. The van der Waals surface area contributed by atoms with Crippen LogP contribution in [0, 0.1) is 6.92 Å². The Labute approximate surface area is 127 Å². The van der Waals surface area contributed by atoms with Crippen LogP contribution in [0.4, 0.5) is 11.6 Å². The Kier molecular flexibility index (Phi) is 5.19. The number of hydrogen-bond donors (Lipinski definition) is 2. The molecule has 1 unspecified atom stereocenters. The quantitative estimate of drug-likeness (QED) is 0.628. The minimum absolute atomic E-state index is 0.132. The van der Waals surface area contributed by atoms with Gasteiger partial charge in [0, 0.05) is 23.7 Å². The molecule has 0 fully saturated rings. The van der Waals surface area contributed by atoms with Gasteiger partial charge in [-0.05, 0) is 27.0 Å². The van der Waals surface area contributed by atoms with Gasteiger partial charge in [-0.3, -0.25) is 0 Å². The van der Waals surface area contributed by atoms with Gasteiger partial charge in [-0.15, -0.1) is 11.3 Å². The largest absolute Gasteiger partial charge is 0.370 e. The van der Waals surface area contributed by atoms with E-state index < -0.39 is 0 Å². The molecule has 2 heterocycles. The highest BCUT2D eigenvalue weighted by atomic mass is 32.2. The highest BCUT2D eigenvalue weighted by Crippen LogP contribution is 2.24. The second-order valence-electron chi connectivity index (χ2n) is 4.33. The highest BCUT2D eigenvalue weighted by molar-refractivity contribution is 7.98. The Hall–Kier alpha value is -1.34. The lowest BCUT2D eigenvalue weighted by atomic mass is 10.3. The van der Waals surface area contributed by atoms with Crippen LogP contribution in [0.15, 0.2) is 17.4 Å². The van der Waals surface area contributed by atoms with Crippen LogP contribution >= 0.6 is 23.1 Å². The molecular weight excluding hydrogens is 290 g/mol. The molecule has 0 saturated heterocycles. The summed E-state index contributed by atoms with van der Waals surface area (Å²) in [4.78, 5) is 14.5. The van der Waals surface area contributed by atoms with Crippen molar-refractivity contribution in [2.24, 2.45) is 0 Å². The summed E-state index contributed by atoms with van der Waals surface area (Å²) in [6.07, 6.45) is 3.87. The van der Waals surface area contributed by atoms with Gasteiger partial charge in [-0.1, -0.05) is 11.8 Å². The first-order valence-corrected chi connectivity index (χ1v) is 8.52. The number of nitrogens with zero attached hydrogens (tertiary/aromatic N) is 3. The summed E-state index contributed by atoms with van der Waals surface area (Å²) < 4.78 is 0. The first-order valence-electron chi connectivity index (χ1n) is 6.48. The van der Waals surface area contributed by atoms with Gasteiger partial charge < -0.3 is 10.6 Å². The predicted octanol–water partition coefficient (Wildman–Crippen LogP) is 3.57. The van der Waals surface area contributed by atoms with E-state index in [9.17, 15) is 0 Å². The monoisotopic (exact) mass is 309 g/mol. The van der Waals surface area contributed by atoms with Crippen molar-refractivity contribution in [2.75, 3.05) is 23.4 Å². The molecule has 20 heavy (non-hydrogen) atoms. The van der Waals surface area contributed by atoms with Crippen LogP contribution in [0.2, 0.25) is 0 Å². The molecule has 7 heteroatoms. The van der Waals surface area contributed by atoms with Gasteiger partial charge in [0.25, 0.3) is 0 Å². The molecule has 0 spiro atoms. The number of rotatable bonds is 6. The summed E-state index contributed by atoms with van der Waals surface area (Å²) in [5, 5.41) is 8.44. The molecular formula is C13H19N5S2. The van der Waals surface area contributed by atoms with Crippen molar-refractivity contribution in [2.45, 2.75) is 32.0 Å². The van der Waals surface area contributed by atoms with Crippen molar-refractivity contribution in [3.63, 3.8) is 0 Å². The zero-order valence-electron chi connectivity index (χ0n) is 12.1. The van der Waals surface area contributed by atoms with E-state index >= 15 is 0 Å². The van der Waals surface area contributed by atoms with Crippen molar-refractivity contribution in [1.82, 2.24) is 15.0 Å². The summed E-state index contributed by atoms with van der Waals surface area (Å²) in [7, 11) is 0. The van der Waals surface area contributed by atoms with E-state index in [0.29, 0.717) is 0 Å². The maximum Gasteiger partial charge on any atom is 0.191 e. The fourth-order valence-corrected chi connectivity index (χ4v) is 2.87. The van der Waals surface area contributed by atoms with Crippen molar-refractivity contribution in [3.8, 4) is 0 Å². The molecule has 0 aromatic carbocycles. The Morgan fingerprint density at radius 3 is 2.70 bits per heavy atom. The van der Waals surface area contributed by atoms with Crippen molar-refractivity contribution < 1.29 is 0 Å². The number of nitrogens with one attached hydrogen (secondary N) is 2. The lowest BCUT2D eigenvalue weighted by Crippen LogP contribution is -2.10. The third kappa shape index (κ3) is 3.83. The zero-order valence-corrected chi connectivity index (χ0v) is 13.7. The third-order valence-corrected chi connectivity index (χ3v) is 4.26. The van der Waals surface area contributed by atoms with E-state index in [1.165, 1.54) is 16.6 Å². The van der Waals surface area contributed by atoms with Crippen LogP contribution in [0.25, 0.3) is 0 Å². The van der Waals surface area contributed by atoms with Crippen LogP contribution in [0.1, 0.15) is 29.8 Å². The van der Waals surface area contributed by atoms with Crippen LogP contribution < -0.4 is 10.6 Å². The first-order chi connectivity index (χ1) is 9.62. The summed E-state index contributed by atoms with van der Waals surface area (Å²) in [5.41, 5.74) is 0. The minimum Gasteiger partial charge on any atom is -0.370 e. The van der Waals surface area contributed by atoms with Gasteiger partial charge in [0.15, 0.2) is 5.16 Å². The Balaban J connectivity index is 2.17. The molecule has 0 aliphatic carbocycles. The number of thioether (sulfide) groups is 1. The van der Waals surface area contributed by atoms with Gasteiger partial charge in [0.2, 0.25) is 0 Å². The summed E-state index contributed by atoms with van der Waals surface area (Å²) in [5.74, 6) is 1.66. The maximum absolute atomic E-state index is 4.48. The lowest BCUT2D eigenvalue weighted by Gasteiger charge is -2.13. The number of thiazole rings is 1. The number of anilines is 2. The van der Waals surface area contributed by atoms with E-state index in [4.69, 9.17) is 0 Å². The van der Waals surface area contributed by atoms with Gasteiger partial charge in [0.05, 0.1) is 6.04 Å². The summed E-state index contributed by atoms with van der Waals surface area (Å²) in [6, 6.07) is 2.06. The zero-order chi connectivity index (χ0) is 14.5. The van der Waals surface area contributed by atoms with Crippen molar-refractivity contribution in [1.29, 1.82) is 0 Å². The van der Waals surface area contributed by atoms with Gasteiger partial charge >= 0.3 is 0 Å². The molecule has 108 valence electrons. The lowest BCUT2D eigenvalue weighted by molar-refractivity contribution is 0.845. The average molecular weight is 309 g/mol. The van der Waals surface area contributed by atoms with Gasteiger partial charge in [-0.2, -0.15) is 0 Å². The molecule has 0 amide bonds. The molecule has 2 aromatic rings. The fraction of sp³-hybridized carbons (Fsp3) is 0.462. The fourth-order valence-electron chi connectivity index (χ4n) is 1.72. The molecule has 5 nitrogen and oxygen atoms in total. The van der Waals surface area contributed by atoms with E-state index in [1.807, 2.05) is 18.5 Å².